The Balaban J connectivity index is 2.91. The number of ether oxygens (including phenoxy) is 1. The Kier molecular flexibility index (Phi) is 3.05. The molecule has 0 spiro atoms. The molecule has 7 heteroatoms. The number of benzene rings is 1. The van der Waals surface area contributed by atoms with Crippen LogP contribution in [0.4, 0.5) is 13.2 Å². The van der Waals surface area contributed by atoms with Gasteiger partial charge < -0.3 is 9.72 Å². The maximum atomic E-state index is 12.8. The van der Waals surface area contributed by atoms with E-state index in [-0.39, 0.29) is 22.2 Å². The lowest BCUT2D eigenvalue weighted by atomic mass is 10.1. The number of carbonyl (C=O) groups is 1. The number of hydrogen-bond acceptors (Lipinski definition) is 3. The number of aldehydes is 1. The van der Waals surface area contributed by atoms with E-state index in [1.54, 1.807) is 0 Å². The maximum absolute atomic E-state index is 12.8. The number of fused-ring (bicyclic) bond motifs is 1. The highest BCUT2D eigenvalue weighted by molar-refractivity contribution is 5.92. The third-order valence-corrected chi connectivity index (χ3v) is 2.63. The predicted molar refractivity (Wildman–Crippen MR) is 61.5 cm³/mol. The molecule has 1 heterocycles. The molecule has 0 amide bonds. The summed E-state index contributed by atoms with van der Waals surface area (Å²) in [6, 6.07) is 2.69. The molecule has 1 aromatic carbocycles. The van der Waals surface area contributed by atoms with E-state index in [2.05, 4.69) is 4.98 Å². The monoisotopic (exact) mass is 271 g/mol. The van der Waals surface area contributed by atoms with E-state index >= 15 is 0 Å². The largest absolute Gasteiger partial charge is 0.496 e. The first-order valence-corrected chi connectivity index (χ1v) is 5.14. The summed E-state index contributed by atoms with van der Waals surface area (Å²) in [5, 5.41) is -0.255. The van der Waals surface area contributed by atoms with Crippen molar-refractivity contribution in [2.24, 2.45) is 0 Å². The molecular formula is C12H8F3NO3. The maximum Gasteiger partial charge on any atom is 0.417 e. The number of alkyl halides is 3. The highest BCUT2D eigenvalue weighted by Gasteiger charge is 2.33. The van der Waals surface area contributed by atoms with Crippen LogP contribution in [0.25, 0.3) is 10.9 Å². The minimum atomic E-state index is -4.68. The van der Waals surface area contributed by atoms with Gasteiger partial charge in [0.25, 0.3) is 0 Å². The summed E-state index contributed by atoms with van der Waals surface area (Å²) in [6.07, 6.45) is -4.29. The highest BCUT2D eigenvalue weighted by Crippen LogP contribution is 2.35. The SMILES string of the molecule is COc1cc2[nH]c(=O)cc(C(F)(F)F)c2cc1C=O. The number of rotatable bonds is 2. The Morgan fingerprint density at radius 1 is 1.26 bits per heavy atom. The van der Waals surface area contributed by atoms with Gasteiger partial charge in [-0.3, -0.25) is 9.59 Å². The molecule has 4 nitrogen and oxygen atoms in total. The van der Waals surface area contributed by atoms with Crippen molar-refractivity contribution in [3.8, 4) is 5.75 Å². The summed E-state index contributed by atoms with van der Waals surface area (Å²) in [5.74, 6) is 0.0949. The van der Waals surface area contributed by atoms with Gasteiger partial charge in [-0.2, -0.15) is 13.2 Å². The number of nitrogens with one attached hydrogen (secondary N) is 1. The van der Waals surface area contributed by atoms with Crippen molar-refractivity contribution in [3.63, 3.8) is 0 Å². The second-order valence-corrected chi connectivity index (χ2v) is 3.80. The standard InChI is InChI=1S/C12H8F3NO3/c1-19-10-4-9-7(2-6(10)5-17)8(12(13,14)15)3-11(18)16-9/h2-5H,1H3,(H,16,18). The number of H-pyrrole nitrogens is 1. The summed E-state index contributed by atoms with van der Waals surface area (Å²) < 4.78 is 43.4. The van der Waals surface area contributed by atoms with Crippen molar-refractivity contribution in [2.45, 2.75) is 6.18 Å². The fourth-order valence-corrected chi connectivity index (χ4v) is 1.80. The lowest BCUT2D eigenvalue weighted by molar-refractivity contribution is -0.136. The van der Waals surface area contributed by atoms with Gasteiger partial charge in [0.05, 0.1) is 23.8 Å². The molecule has 2 aromatic rings. The number of aromatic nitrogens is 1. The summed E-state index contributed by atoms with van der Waals surface area (Å²) >= 11 is 0. The quantitative estimate of drug-likeness (QED) is 0.853. The number of aromatic amines is 1. The Morgan fingerprint density at radius 2 is 1.95 bits per heavy atom. The minimum Gasteiger partial charge on any atom is -0.496 e. The van der Waals surface area contributed by atoms with Crippen molar-refractivity contribution in [1.82, 2.24) is 4.98 Å². The fourth-order valence-electron chi connectivity index (χ4n) is 1.80. The van der Waals surface area contributed by atoms with Crippen LogP contribution in [0.2, 0.25) is 0 Å². The normalized spacial score (nSPS) is 11.6. The van der Waals surface area contributed by atoms with Crippen LogP contribution in [0.3, 0.4) is 0 Å². The molecule has 0 fully saturated rings. The van der Waals surface area contributed by atoms with Gasteiger partial charge >= 0.3 is 6.18 Å². The Bertz CT molecular complexity index is 704. The van der Waals surface area contributed by atoms with E-state index in [4.69, 9.17) is 4.74 Å². The molecular weight excluding hydrogens is 263 g/mol. The molecule has 2 rings (SSSR count). The average molecular weight is 271 g/mol. The van der Waals surface area contributed by atoms with Gasteiger partial charge in [-0.05, 0) is 6.07 Å². The van der Waals surface area contributed by atoms with Crippen LogP contribution in [-0.2, 0) is 6.18 Å². The number of pyridine rings is 1. The summed E-state index contributed by atoms with van der Waals surface area (Å²) in [4.78, 5) is 24.3. The molecule has 0 atom stereocenters. The zero-order chi connectivity index (χ0) is 14.2. The lowest BCUT2D eigenvalue weighted by Crippen LogP contribution is -2.14. The van der Waals surface area contributed by atoms with Crippen molar-refractivity contribution >= 4 is 17.2 Å². The van der Waals surface area contributed by atoms with E-state index in [1.165, 1.54) is 13.2 Å². The molecule has 100 valence electrons. The van der Waals surface area contributed by atoms with Gasteiger partial charge in [0.15, 0.2) is 6.29 Å². The molecule has 0 aliphatic rings. The Hall–Kier alpha value is -2.31. The number of methoxy groups -OCH3 is 1. The Morgan fingerprint density at radius 3 is 2.47 bits per heavy atom. The summed E-state index contributed by atoms with van der Waals surface area (Å²) in [6.45, 7) is 0. The van der Waals surface area contributed by atoms with Crippen LogP contribution in [0, 0.1) is 0 Å². The van der Waals surface area contributed by atoms with Crippen LogP contribution < -0.4 is 10.3 Å². The second-order valence-electron chi connectivity index (χ2n) is 3.80. The van der Waals surface area contributed by atoms with Gasteiger partial charge in [-0.25, -0.2) is 0 Å². The molecule has 0 saturated heterocycles. The molecule has 1 aromatic heterocycles. The number of hydrogen-bond donors (Lipinski definition) is 1. The zero-order valence-corrected chi connectivity index (χ0v) is 9.67. The van der Waals surface area contributed by atoms with Gasteiger partial charge in [-0.1, -0.05) is 0 Å². The van der Waals surface area contributed by atoms with E-state index < -0.39 is 17.3 Å². The van der Waals surface area contributed by atoms with Crippen molar-refractivity contribution in [2.75, 3.05) is 7.11 Å². The van der Waals surface area contributed by atoms with E-state index in [1.807, 2.05) is 0 Å². The van der Waals surface area contributed by atoms with Gasteiger partial charge in [-0.15, -0.1) is 0 Å². The second kappa shape index (κ2) is 4.42. The van der Waals surface area contributed by atoms with Crippen LogP contribution >= 0.6 is 0 Å². The Labute approximate surface area is 104 Å². The fraction of sp³-hybridized carbons (Fsp3) is 0.167. The zero-order valence-electron chi connectivity index (χ0n) is 9.67. The molecule has 0 saturated carbocycles. The van der Waals surface area contributed by atoms with Gasteiger partial charge in [0.1, 0.15) is 5.75 Å². The first kappa shape index (κ1) is 13.1. The predicted octanol–water partition coefficient (Wildman–Crippen LogP) is 2.37. The summed E-state index contributed by atoms with van der Waals surface area (Å²) in [5.41, 5.74) is -2.02. The highest BCUT2D eigenvalue weighted by atomic mass is 19.4. The first-order valence-electron chi connectivity index (χ1n) is 5.14. The molecule has 0 bridgehead atoms. The minimum absolute atomic E-state index is 0.0208. The third kappa shape index (κ3) is 2.31. The summed E-state index contributed by atoms with van der Waals surface area (Å²) in [7, 11) is 1.28. The van der Waals surface area contributed by atoms with E-state index in [0.29, 0.717) is 12.4 Å². The number of halogens is 3. The van der Waals surface area contributed by atoms with E-state index in [9.17, 15) is 22.8 Å². The smallest absolute Gasteiger partial charge is 0.417 e. The van der Waals surface area contributed by atoms with Gasteiger partial charge in [0.2, 0.25) is 5.56 Å². The van der Waals surface area contributed by atoms with Crippen LogP contribution in [0.15, 0.2) is 23.0 Å². The molecule has 0 radical (unpaired) electrons. The first-order chi connectivity index (χ1) is 8.86. The molecule has 19 heavy (non-hydrogen) atoms. The molecule has 1 N–H and O–H groups in total. The van der Waals surface area contributed by atoms with Crippen molar-refractivity contribution in [3.05, 3.63) is 39.7 Å². The number of carbonyl (C=O) groups excluding carboxylic acids is 1. The van der Waals surface area contributed by atoms with Gasteiger partial charge in [0, 0.05) is 17.5 Å². The average Bonchev–Trinajstić information content (AvgIpc) is 2.34. The third-order valence-electron chi connectivity index (χ3n) is 2.63. The topological polar surface area (TPSA) is 59.2 Å². The van der Waals surface area contributed by atoms with Crippen molar-refractivity contribution < 1.29 is 22.7 Å². The molecule has 0 aliphatic heterocycles. The van der Waals surface area contributed by atoms with Crippen LogP contribution in [-0.4, -0.2) is 18.4 Å². The van der Waals surface area contributed by atoms with Crippen LogP contribution in [0.1, 0.15) is 15.9 Å². The molecule has 0 unspecified atom stereocenters. The van der Waals surface area contributed by atoms with Crippen LogP contribution in [0.5, 0.6) is 5.75 Å². The van der Waals surface area contributed by atoms with E-state index in [0.717, 1.165) is 6.07 Å². The van der Waals surface area contributed by atoms with Crippen molar-refractivity contribution in [1.29, 1.82) is 0 Å². The molecule has 0 aliphatic carbocycles. The lowest BCUT2D eigenvalue weighted by Gasteiger charge is -2.12.